The van der Waals surface area contributed by atoms with Crippen LogP contribution in [0.25, 0.3) is 6.08 Å². The third-order valence-electron chi connectivity index (χ3n) is 3.21. The molecule has 110 valence electrons. The minimum absolute atomic E-state index is 0.0583. The summed E-state index contributed by atoms with van der Waals surface area (Å²) in [4.78, 5) is 15.6. The van der Waals surface area contributed by atoms with E-state index in [-0.39, 0.29) is 5.91 Å². The lowest BCUT2D eigenvalue weighted by atomic mass is 10.2. The van der Waals surface area contributed by atoms with Gasteiger partial charge in [-0.05, 0) is 42.9 Å². The zero-order valence-electron chi connectivity index (χ0n) is 12.2. The summed E-state index contributed by atoms with van der Waals surface area (Å²) in [5, 5.41) is 0.541. The summed E-state index contributed by atoms with van der Waals surface area (Å²) in [6, 6.07) is 7.55. The molecule has 0 radical (unpaired) electrons. The largest absolute Gasteiger partial charge is 0.490 e. The van der Waals surface area contributed by atoms with Crippen molar-refractivity contribution in [2.45, 2.75) is 6.92 Å². The summed E-state index contributed by atoms with van der Waals surface area (Å²) in [6.07, 6.45) is 3.53. The quantitative estimate of drug-likeness (QED) is 0.475. The molecule has 5 heteroatoms. The van der Waals surface area contributed by atoms with Crippen molar-refractivity contribution in [2.24, 2.45) is 0 Å². The number of thiocarbonyl (C=S) groups is 1. The molecule has 0 N–H and O–H groups in total. The van der Waals surface area contributed by atoms with E-state index in [2.05, 4.69) is 6.58 Å². The lowest BCUT2D eigenvalue weighted by molar-refractivity contribution is -0.122. The van der Waals surface area contributed by atoms with Gasteiger partial charge < -0.3 is 9.64 Å². The van der Waals surface area contributed by atoms with Crippen LogP contribution in [-0.2, 0) is 4.79 Å². The monoisotopic (exact) mass is 302 g/mol. The first-order valence-corrected chi connectivity index (χ1v) is 7.14. The Hall–Kier alpha value is -2.14. The molecule has 1 aliphatic heterocycles. The van der Waals surface area contributed by atoms with Crippen LogP contribution in [0.4, 0.5) is 0 Å². The lowest BCUT2D eigenvalue weighted by Crippen LogP contribution is -2.30. The molecule has 4 nitrogen and oxygen atoms in total. The first-order chi connectivity index (χ1) is 10.1. The van der Waals surface area contributed by atoms with Crippen LogP contribution in [0.3, 0.4) is 0 Å². The van der Waals surface area contributed by atoms with Gasteiger partial charge in [-0.15, -0.1) is 0 Å². The van der Waals surface area contributed by atoms with Crippen molar-refractivity contribution >= 4 is 29.3 Å². The number of carbonyl (C=O) groups is 1. The first kappa shape index (κ1) is 15.3. The Kier molecular flexibility index (Phi) is 4.75. The molecule has 1 amide bonds. The van der Waals surface area contributed by atoms with E-state index in [0.717, 1.165) is 11.3 Å². The molecule has 0 bridgehead atoms. The number of ether oxygens (including phenoxy) is 1. The average molecular weight is 302 g/mol. The molecule has 0 saturated carbocycles. The maximum Gasteiger partial charge on any atom is 0.276 e. The second-order valence-corrected chi connectivity index (χ2v) is 4.95. The van der Waals surface area contributed by atoms with E-state index in [1.807, 2.05) is 44.3 Å². The molecule has 1 saturated heterocycles. The summed E-state index contributed by atoms with van der Waals surface area (Å²) in [6.45, 7) is 6.57. The Balaban J connectivity index is 2.21. The second kappa shape index (κ2) is 6.54. The van der Waals surface area contributed by atoms with Crippen LogP contribution in [-0.4, -0.2) is 41.0 Å². The highest BCUT2D eigenvalue weighted by atomic mass is 32.1. The Morgan fingerprint density at radius 3 is 2.52 bits per heavy atom. The zero-order chi connectivity index (χ0) is 15.4. The molecule has 0 aromatic heterocycles. The van der Waals surface area contributed by atoms with Crippen molar-refractivity contribution < 1.29 is 9.53 Å². The maximum atomic E-state index is 12.3. The average Bonchev–Trinajstić information content (AvgIpc) is 2.70. The van der Waals surface area contributed by atoms with Gasteiger partial charge in [0.05, 0.1) is 0 Å². The van der Waals surface area contributed by atoms with E-state index in [1.54, 1.807) is 15.9 Å². The molecule has 2 rings (SSSR count). The van der Waals surface area contributed by atoms with Crippen LogP contribution < -0.4 is 4.74 Å². The van der Waals surface area contributed by atoms with Gasteiger partial charge in [0, 0.05) is 13.6 Å². The summed E-state index contributed by atoms with van der Waals surface area (Å²) in [7, 11) is 1.81. The third-order valence-corrected chi connectivity index (χ3v) is 3.71. The topological polar surface area (TPSA) is 32.8 Å². The van der Waals surface area contributed by atoms with Gasteiger partial charge in [0.15, 0.2) is 5.11 Å². The molecule has 1 heterocycles. The molecule has 0 unspecified atom stereocenters. The Labute approximate surface area is 130 Å². The van der Waals surface area contributed by atoms with Crippen LogP contribution in [0.1, 0.15) is 12.5 Å². The van der Waals surface area contributed by atoms with E-state index in [0.29, 0.717) is 24.0 Å². The second-order valence-electron chi connectivity index (χ2n) is 4.59. The molecular formula is C16H18N2O2S. The van der Waals surface area contributed by atoms with E-state index in [4.69, 9.17) is 17.0 Å². The number of carbonyl (C=O) groups excluding carboxylic acids is 1. The van der Waals surface area contributed by atoms with Gasteiger partial charge in [-0.25, -0.2) is 0 Å². The van der Waals surface area contributed by atoms with Crippen LogP contribution in [0, 0.1) is 0 Å². The van der Waals surface area contributed by atoms with Gasteiger partial charge in [-0.3, -0.25) is 9.69 Å². The fourth-order valence-corrected chi connectivity index (χ4v) is 2.37. The maximum absolute atomic E-state index is 12.3. The highest BCUT2D eigenvalue weighted by Crippen LogP contribution is 2.22. The highest BCUT2D eigenvalue weighted by Gasteiger charge is 2.34. The molecule has 1 fully saturated rings. The molecule has 0 atom stereocenters. The number of amides is 1. The first-order valence-electron chi connectivity index (χ1n) is 6.73. The van der Waals surface area contributed by atoms with E-state index in [9.17, 15) is 4.79 Å². The molecule has 0 spiro atoms. The number of rotatable bonds is 5. The molecule has 1 aromatic carbocycles. The third kappa shape index (κ3) is 3.13. The number of nitrogens with zero attached hydrogens (tertiary/aromatic N) is 2. The van der Waals surface area contributed by atoms with Crippen molar-refractivity contribution in [2.75, 3.05) is 20.2 Å². The Morgan fingerprint density at radius 2 is 2.00 bits per heavy atom. The summed E-state index contributed by atoms with van der Waals surface area (Å²) in [5.74, 6) is 0.714. The minimum atomic E-state index is -0.0583. The number of likely N-dealkylation sites (N-methyl/N-ethyl adjacent to an activating group) is 2. The number of hydrogen-bond donors (Lipinski definition) is 0. The van der Waals surface area contributed by atoms with Crippen LogP contribution in [0.15, 0.2) is 42.6 Å². The van der Waals surface area contributed by atoms with Gasteiger partial charge in [0.2, 0.25) is 0 Å². The van der Waals surface area contributed by atoms with Crippen LogP contribution in [0.2, 0.25) is 0 Å². The van der Waals surface area contributed by atoms with Crippen molar-refractivity contribution in [1.82, 2.24) is 9.80 Å². The highest BCUT2D eigenvalue weighted by molar-refractivity contribution is 7.80. The van der Waals surface area contributed by atoms with Gasteiger partial charge in [-0.2, -0.15) is 0 Å². The van der Waals surface area contributed by atoms with Gasteiger partial charge in [0.25, 0.3) is 5.91 Å². The SMILES string of the molecule is C=CCOc1ccc(/C=C2/C(=O)N(CC)C(=S)N2C)cc1. The molecule has 21 heavy (non-hydrogen) atoms. The summed E-state index contributed by atoms with van der Waals surface area (Å²) < 4.78 is 5.43. The van der Waals surface area contributed by atoms with E-state index < -0.39 is 0 Å². The Morgan fingerprint density at radius 1 is 1.33 bits per heavy atom. The summed E-state index contributed by atoms with van der Waals surface area (Å²) >= 11 is 5.26. The fourth-order valence-electron chi connectivity index (χ4n) is 2.06. The van der Waals surface area contributed by atoms with Gasteiger partial charge in [-0.1, -0.05) is 24.8 Å². The predicted octanol–water partition coefficient (Wildman–Crippen LogP) is 2.67. The number of hydrogen-bond acceptors (Lipinski definition) is 3. The fraction of sp³-hybridized carbons (Fsp3) is 0.250. The molecule has 1 aliphatic rings. The molecule has 0 aliphatic carbocycles. The van der Waals surface area contributed by atoms with Gasteiger partial charge in [0.1, 0.15) is 18.1 Å². The minimum Gasteiger partial charge on any atom is -0.490 e. The number of benzene rings is 1. The smallest absolute Gasteiger partial charge is 0.276 e. The van der Waals surface area contributed by atoms with Gasteiger partial charge >= 0.3 is 0 Å². The molecular weight excluding hydrogens is 284 g/mol. The van der Waals surface area contributed by atoms with E-state index in [1.165, 1.54) is 0 Å². The predicted molar refractivity (Wildman–Crippen MR) is 87.9 cm³/mol. The Bertz CT molecular complexity index is 593. The van der Waals surface area contributed by atoms with Crippen molar-refractivity contribution in [3.8, 4) is 5.75 Å². The van der Waals surface area contributed by atoms with Crippen molar-refractivity contribution in [1.29, 1.82) is 0 Å². The standard InChI is InChI=1S/C16H18N2O2S/c1-4-10-20-13-8-6-12(7-9-13)11-14-15(19)18(5-2)16(21)17(14)3/h4,6-9,11H,1,5,10H2,2-3H3/b14-11-. The van der Waals surface area contributed by atoms with Crippen molar-refractivity contribution in [3.05, 3.63) is 48.2 Å². The van der Waals surface area contributed by atoms with Crippen molar-refractivity contribution in [3.63, 3.8) is 0 Å². The van der Waals surface area contributed by atoms with E-state index >= 15 is 0 Å². The molecule has 1 aromatic rings. The van der Waals surface area contributed by atoms with Crippen LogP contribution in [0.5, 0.6) is 5.75 Å². The summed E-state index contributed by atoms with van der Waals surface area (Å²) in [5.41, 5.74) is 1.51. The van der Waals surface area contributed by atoms with Crippen LogP contribution >= 0.6 is 12.2 Å². The zero-order valence-corrected chi connectivity index (χ0v) is 13.0. The normalized spacial score (nSPS) is 16.8. The lowest BCUT2D eigenvalue weighted by Gasteiger charge is -2.13.